The van der Waals surface area contributed by atoms with Crippen LogP contribution in [0.25, 0.3) is 0 Å². The van der Waals surface area contributed by atoms with Gasteiger partial charge in [-0.2, -0.15) is 13.2 Å². The van der Waals surface area contributed by atoms with E-state index in [9.17, 15) is 28.1 Å². The summed E-state index contributed by atoms with van der Waals surface area (Å²) < 4.78 is 49.7. The van der Waals surface area contributed by atoms with Crippen molar-refractivity contribution in [2.24, 2.45) is 0 Å². The molecule has 0 bridgehead atoms. The summed E-state index contributed by atoms with van der Waals surface area (Å²) in [6.07, 6.45) is -4.43. The smallest absolute Gasteiger partial charge is 0.379 e. The molecule has 2 heterocycles. The van der Waals surface area contributed by atoms with Gasteiger partial charge in [-0.3, -0.25) is 14.9 Å². The van der Waals surface area contributed by atoms with Crippen LogP contribution in [-0.2, 0) is 15.7 Å². The highest BCUT2D eigenvalue weighted by Gasteiger charge is 2.37. The second-order valence-corrected chi connectivity index (χ2v) is 4.79. The third-order valence-electron chi connectivity index (χ3n) is 3.47. The summed E-state index contributed by atoms with van der Waals surface area (Å²) in [5, 5.41) is 10.8. The number of hydrogen-bond donors (Lipinski definition) is 0. The molecule has 0 amide bonds. The highest BCUT2D eigenvalue weighted by atomic mass is 19.4. The Hall–Kier alpha value is -1.94. The molecule has 122 valence electrons. The summed E-state index contributed by atoms with van der Waals surface area (Å²) in [5.41, 5.74) is -3.51. The number of nitrogens with zero attached hydrogens (tertiary/aromatic N) is 2. The Morgan fingerprint density at radius 2 is 2.18 bits per heavy atom. The van der Waals surface area contributed by atoms with Crippen molar-refractivity contribution in [2.75, 3.05) is 20.3 Å². The maximum atomic E-state index is 12.9. The number of ether oxygens (including phenoxy) is 2. The molecule has 2 atom stereocenters. The first kappa shape index (κ1) is 16.4. The van der Waals surface area contributed by atoms with Gasteiger partial charge in [0.15, 0.2) is 0 Å². The SMILES string of the molecule is COC1CCOCC1n1cc(C(F)(F)F)cc([N+](=O)[O-])c1=O. The van der Waals surface area contributed by atoms with Crippen molar-refractivity contribution in [3.63, 3.8) is 0 Å². The second kappa shape index (κ2) is 6.05. The Morgan fingerprint density at radius 3 is 2.73 bits per heavy atom. The Morgan fingerprint density at radius 1 is 1.50 bits per heavy atom. The molecule has 1 aromatic rings. The zero-order chi connectivity index (χ0) is 16.5. The van der Waals surface area contributed by atoms with Gasteiger partial charge in [0.1, 0.15) is 0 Å². The molecule has 2 unspecified atom stereocenters. The van der Waals surface area contributed by atoms with E-state index in [1.54, 1.807) is 0 Å². The van der Waals surface area contributed by atoms with Crippen LogP contribution in [0.3, 0.4) is 0 Å². The number of pyridine rings is 1. The van der Waals surface area contributed by atoms with Crippen LogP contribution in [0.15, 0.2) is 17.1 Å². The number of methoxy groups -OCH3 is 1. The lowest BCUT2D eigenvalue weighted by Gasteiger charge is -2.31. The molecule has 0 N–H and O–H groups in total. The van der Waals surface area contributed by atoms with E-state index in [4.69, 9.17) is 9.47 Å². The van der Waals surface area contributed by atoms with Gasteiger partial charge in [0.2, 0.25) is 0 Å². The minimum absolute atomic E-state index is 0.0587. The highest BCUT2D eigenvalue weighted by molar-refractivity contribution is 5.33. The van der Waals surface area contributed by atoms with Gasteiger partial charge < -0.3 is 14.0 Å². The van der Waals surface area contributed by atoms with Crippen LogP contribution in [0.1, 0.15) is 18.0 Å². The topological polar surface area (TPSA) is 83.6 Å². The Kier molecular flexibility index (Phi) is 4.52. The van der Waals surface area contributed by atoms with Crippen LogP contribution < -0.4 is 5.56 Å². The lowest BCUT2D eigenvalue weighted by atomic mass is 10.1. The molecule has 2 rings (SSSR count). The zero-order valence-electron chi connectivity index (χ0n) is 11.5. The standard InChI is InChI=1S/C12H13F3N2O5/c1-21-10-2-3-22-6-9(10)16-5-7(12(13,14)15)4-8(11(16)18)17(19)20/h4-5,9-10H,2-3,6H2,1H3. The summed E-state index contributed by atoms with van der Waals surface area (Å²) in [6.45, 7) is 0.279. The van der Waals surface area contributed by atoms with Crippen molar-refractivity contribution < 1.29 is 27.6 Å². The fourth-order valence-corrected chi connectivity index (χ4v) is 2.36. The maximum Gasteiger partial charge on any atom is 0.418 e. The van der Waals surface area contributed by atoms with E-state index < -0.39 is 40.1 Å². The third-order valence-corrected chi connectivity index (χ3v) is 3.47. The van der Waals surface area contributed by atoms with E-state index in [0.29, 0.717) is 23.8 Å². The van der Waals surface area contributed by atoms with Gasteiger partial charge in [-0.15, -0.1) is 0 Å². The number of rotatable bonds is 3. The van der Waals surface area contributed by atoms with Crippen LogP contribution >= 0.6 is 0 Å². The van der Waals surface area contributed by atoms with Crippen molar-refractivity contribution >= 4 is 5.69 Å². The first-order valence-corrected chi connectivity index (χ1v) is 6.34. The molecule has 22 heavy (non-hydrogen) atoms. The summed E-state index contributed by atoms with van der Waals surface area (Å²) in [7, 11) is 1.36. The van der Waals surface area contributed by atoms with E-state index >= 15 is 0 Å². The Balaban J connectivity index is 2.61. The fourth-order valence-electron chi connectivity index (χ4n) is 2.36. The van der Waals surface area contributed by atoms with E-state index in [0.717, 1.165) is 0 Å². The summed E-state index contributed by atoms with van der Waals surface area (Å²) in [4.78, 5) is 21.8. The van der Waals surface area contributed by atoms with Crippen LogP contribution in [-0.4, -0.2) is 35.9 Å². The molecule has 0 aliphatic carbocycles. The van der Waals surface area contributed by atoms with Gasteiger partial charge in [-0.1, -0.05) is 0 Å². The molecule has 1 aliphatic heterocycles. The molecule has 1 fully saturated rings. The van der Waals surface area contributed by atoms with Gasteiger partial charge in [-0.05, 0) is 6.42 Å². The van der Waals surface area contributed by atoms with Crippen LogP contribution in [0.4, 0.5) is 18.9 Å². The average molecular weight is 322 g/mol. The minimum Gasteiger partial charge on any atom is -0.379 e. The predicted octanol–water partition coefficient (Wildman–Crippen LogP) is 1.75. The number of alkyl halides is 3. The first-order chi connectivity index (χ1) is 10.3. The maximum absolute atomic E-state index is 12.9. The van der Waals surface area contributed by atoms with E-state index in [-0.39, 0.29) is 12.7 Å². The fraction of sp³-hybridized carbons (Fsp3) is 0.583. The van der Waals surface area contributed by atoms with Crippen molar-refractivity contribution in [2.45, 2.75) is 24.7 Å². The highest BCUT2D eigenvalue weighted by Crippen LogP contribution is 2.32. The van der Waals surface area contributed by atoms with E-state index in [1.807, 2.05) is 0 Å². The normalized spacial score (nSPS) is 22.5. The number of aromatic nitrogens is 1. The van der Waals surface area contributed by atoms with Gasteiger partial charge in [0.05, 0.1) is 29.2 Å². The summed E-state index contributed by atoms with van der Waals surface area (Å²) in [6, 6.07) is -0.614. The number of nitro groups is 1. The van der Waals surface area contributed by atoms with Crippen LogP contribution in [0.5, 0.6) is 0 Å². The van der Waals surface area contributed by atoms with Crippen molar-refractivity contribution in [1.29, 1.82) is 0 Å². The largest absolute Gasteiger partial charge is 0.418 e. The van der Waals surface area contributed by atoms with Gasteiger partial charge in [-0.25, -0.2) is 0 Å². The van der Waals surface area contributed by atoms with E-state index in [2.05, 4.69) is 0 Å². The Labute approximate surface area is 122 Å². The number of halogens is 3. The van der Waals surface area contributed by atoms with Crippen molar-refractivity contribution in [3.05, 3.63) is 38.3 Å². The van der Waals surface area contributed by atoms with E-state index in [1.165, 1.54) is 7.11 Å². The Bertz CT molecular complexity index is 628. The summed E-state index contributed by atoms with van der Waals surface area (Å²) >= 11 is 0. The minimum atomic E-state index is -4.81. The molecule has 10 heteroatoms. The molecule has 1 aromatic heterocycles. The molecule has 0 spiro atoms. The van der Waals surface area contributed by atoms with Crippen LogP contribution in [0, 0.1) is 10.1 Å². The second-order valence-electron chi connectivity index (χ2n) is 4.79. The molecule has 0 saturated carbocycles. The first-order valence-electron chi connectivity index (χ1n) is 6.34. The lowest BCUT2D eigenvalue weighted by Crippen LogP contribution is -2.41. The van der Waals surface area contributed by atoms with Gasteiger partial charge >= 0.3 is 17.4 Å². The molecule has 1 aliphatic rings. The molecule has 7 nitrogen and oxygen atoms in total. The van der Waals surface area contributed by atoms with Gasteiger partial charge in [0.25, 0.3) is 0 Å². The number of hydrogen-bond acceptors (Lipinski definition) is 5. The third kappa shape index (κ3) is 3.12. The molecular formula is C12H13F3N2O5. The molecular weight excluding hydrogens is 309 g/mol. The lowest BCUT2D eigenvalue weighted by molar-refractivity contribution is -0.386. The zero-order valence-corrected chi connectivity index (χ0v) is 11.5. The van der Waals surface area contributed by atoms with Crippen molar-refractivity contribution in [3.8, 4) is 0 Å². The molecule has 0 radical (unpaired) electrons. The monoisotopic (exact) mass is 322 g/mol. The van der Waals surface area contributed by atoms with Crippen LogP contribution in [0.2, 0.25) is 0 Å². The average Bonchev–Trinajstić information content (AvgIpc) is 2.46. The quantitative estimate of drug-likeness (QED) is 0.625. The van der Waals surface area contributed by atoms with Gasteiger partial charge in [0, 0.05) is 26.0 Å². The van der Waals surface area contributed by atoms with Crippen molar-refractivity contribution in [1.82, 2.24) is 4.57 Å². The predicted molar refractivity (Wildman–Crippen MR) is 67.6 cm³/mol. The summed E-state index contributed by atoms with van der Waals surface area (Å²) in [5.74, 6) is 0. The molecule has 0 aromatic carbocycles. The molecule has 1 saturated heterocycles.